The summed E-state index contributed by atoms with van der Waals surface area (Å²) in [4.78, 5) is 13.0. The lowest BCUT2D eigenvalue weighted by Crippen LogP contribution is -2.60. The maximum Gasteiger partial charge on any atom is 0.249 e. The number of ether oxygens (including phenoxy) is 2. The molecule has 53 heavy (non-hydrogen) atoms. The SMILES string of the molecule is CCCCCCCCCCCCCCCCCCCCCCCC(O)C(=O)NC(COC1OC(CO)C(O)C(O)C1O)C(O)C(O)CCCCCCC. The summed E-state index contributed by atoms with van der Waals surface area (Å²) in [5.41, 5.74) is 0. The van der Waals surface area contributed by atoms with Gasteiger partial charge in [0, 0.05) is 0 Å². The number of hydrogen-bond acceptors (Lipinski definition) is 10. The van der Waals surface area contributed by atoms with Gasteiger partial charge in [-0.2, -0.15) is 0 Å². The molecule has 9 atom stereocenters. The summed E-state index contributed by atoms with van der Waals surface area (Å²) in [6, 6.07) is -1.16. The Labute approximate surface area is 322 Å². The van der Waals surface area contributed by atoms with Gasteiger partial charge in [0.25, 0.3) is 0 Å². The number of rotatable bonds is 36. The van der Waals surface area contributed by atoms with Crippen LogP contribution in [0.25, 0.3) is 0 Å². The van der Waals surface area contributed by atoms with Crippen LogP contribution in [0.3, 0.4) is 0 Å². The van der Waals surface area contributed by atoms with Crippen molar-refractivity contribution in [1.82, 2.24) is 5.32 Å². The molecule has 0 spiro atoms. The first kappa shape index (κ1) is 50.1. The molecule has 1 aliphatic heterocycles. The standard InChI is InChI=1S/C42H83NO10/c1-3-5-7-9-10-11-12-13-14-15-16-17-18-19-20-21-22-23-24-26-28-30-35(46)41(51)43-33(37(47)34(45)29-27-25-8-6-4-2)32-52-42-40(50)39(49)38(48)36(31-44)53-42/h33-40,42,44-50H,3-32H2,1-2H3,(H,43,51). The van der Waals surface area contributed by atoms with E-state index in [1.807, 2.05) is 0 Å². The van der Waals surface area contributed by atoms with Crippen LogP contribution in [0.15, 0.2) is 0 Å². The van der Waals surface area contributed by atoms with Gasteiger partial charge < -0.3 is 50.5 Å². The smallest absolute Gasteiger partial charge is 0.249 e. The van der Waals surface area contributed by atoms with Crippen LogP contribution < -0.4 is 5.32 Å². The van der Waals surface area contributed by atoms with Crippen LogP contribution in [0.2, 0.25) is 0 Å². The van der Waals surface area contributed by atoms with Gasteiger partial charge in [0.1, 0.15) is 36.6 Å². The van der Waals surface area contributed by atoms with E-state index in [4.69, 9.17) is 9.47 Å². The normalized spacial score (nSPS) is 22.8. The highest BCUT2D eigenvalue weighted by molar-refractivity contribution is 5.80. The first-order chi connectivity index (χ1) is 25.7. The van der Waals surface area contributed by atoms with Crippen LogP contribution in [0.1, 0.15) is 194 Å². The lowest BCUT2D eigenvalue weighted by atomic mass is 9.98. The van der Waals surface area contributed by atoms with Gasteiger partial charge in [-0.05, 0) is 12.8 Å². The van der Waals surface area contributed by atoms with E-state index in [1.165, 1.54) is 109 Å². The second-order valence-corrected chi connectivity index (χ2v) is 15.8. The zero-order valence-electron chi connectivity index (χ0n) is 33.8. The molecule has 0 aromatic heterocycles. The Hall–Kier alpha value is -0.890. The number of nitrogens with one attached hydrogen (secondary N) is 1. The molecule has 0 aliphatic carbocycles. The Morgan fingerprint density at radius 1 is 0.585 bits per heavy atom. The number of unbranched alkanes of at least 4 members (excludes halogenated alkanes) is 24. The lowest BCUT2D eigenvalue weighted by molar-refractivity contribution is -0.303. The number of hydrogen-bond donors (Lipinski definition) is 8. The zero-order chi connectivity index (χ0) is 39.1. The summed E-state index contributed by atoms with van der Waals surface area (Å²) in [6.07, 6.45) is 20.8. The first-order valence-electron chi connectivity index (χ1n) is 21.9. The predicted molar refractivity (Wildman–Crippen MR) is 210 cm³/mol. The number of carbonyl (C=O) groups excluding carboxylic acids is 1. The second kappa shape index (κ2) is 33.3. The lowest BCUT2D eigenvalue weighted by Gasteiger charge is -2.40. The van der Waals surface area contributed by atoms with Gasteiger partial charge in [0.15, 0.2) is 6.29 Å². The summed E-state index contributed by atoms with van der Waals surface area (Å²) in [7, 11) is 0. The molecule has 1 amide bonds. The van der Waals surface area contributed by atoms with Gasteiger partial charge in [-0.3, -0.25) is 4.79 Å². The molecule has 0 aromatic carbocycles. The molecule has 1 heterocycles. The fourth-order valence-electron chi connectivity index (χ4n) is 7.20. The van der Waals surface area contributed by atoms with Gasteiger partial charge in [-0.15, -0.1) is 0 Å². The molecule has 1 fully saturated rings. The van der Waals surface area contributed by atoms with Gasteiger partial charge in [0.05, 0.1) is 25.4 Å². The van der Waals surface area contributed by atoms with E-state index >= 15 is 0 Å². The van der Waals surface area contributed by atoms with Crippen molar-refractivity contribution in [3.8, 4) is 0 Å². The Morgan fingerprint density at radius 3 is 1.40 bits per heavy atom. The molecule has 1 saturated heterocycles. The van der Waals surface area contributed by atoms with Gasteiger partial charge >= 0.3 is 0 Å². The largest absolute Gasteiger partial charge is 0.394 e. The van der Waals surface area contributed by atoms with Crippen LogP contribution in [0, 0.1) is 0 Å². The third-order valence-electron chi connectivity index (χ3n) is 10.9. The van der Waals surface area contributed by atoms with Crippen molar-refractivity contribution in [1.29, 1.82) is 0 Å². The molecule has 0 radical (unpaired) electrons. The van der Waals surface area contributed by atoms with Crippen molar-refractivity contribution < 1.29 is 50.0 Å². The molecule has 11 heteroatoms. The van der Waals surface area contributed by atoms with E-state index in [9.17, 15) is 40.5 Å². The average molecular weight is 762 g/mol. The molecule has 8 N–H and O–H groups in total. The van der Waals surface area contributed by atoms with E-state index in [0.29, 0.717) is 19.3 Å². The van der Waals surface area contributed by atoms with Crippen LogP contribution in [0.4, 0.5) is 0 Å². The molecule has 0 saturated carbocycles. The van der Waals surface area contributed by atoms with E-state index in [0.717, 1.165) is 44.9 Å². The summed E-state index contributed by atoms with van der Waals surface area (Å²) in [5.74, 6) is -0.699. The van der Waals surface area contributed by atoms with Crippen molar-refractivity contribution in [2.24, 2.45) is 0 Å². The third-order valence-corrected chi connectivity index (χ3v) is 10.9. The summed E-state index contributed by atoms with van der Waals surface area (Å²) in [6.45, 7) is 3.33. The van der Waals surface area contributed by atoms with Crippen LogP contribution in [-0.2, 0) is 14.3 Å². The van der Waals surface area contributed by atoms with E-state index < -0.39 is 74.2 Å². The van der Waals surface area contributed by atoms with E-state index in [2.05, 4.69) is 19.2 Å². The van der Waals surface area contributed by atoms with E-state index in [1.54, 1.807) is 0 Å². The Balaban J connectivity index is 2.29. The first-order valence-corrected chi connectivity index (χ1v) is 21.9. The van der Waals surface area contributed by atoms with E-state index in [-0.39, 0.29) is 6.42 Å². The predicted octanol–water partition coefficient (Wildman–Crippen LogP) is 6.33. The Kier molecular flexibility index (Phi) is 31.5. The zero-order valence-corrected chi connectivity index (χ0v) is 33.8. The average Bonchev–Trinajstić information content (AvgIpc) is 3.16. The highest BCUT2D eigenvalue weighted by atomic mass is 16.7. The minimum atomic E-state index is -1.65. The Morgan fingerprint density at radius 2 is 0.981 bits per heavy atom. The second-order valence-electron chi connectivity index (χ2n) is 15.8. The molecule has 1 aliphatic rings. The highest BCUT2D eigenvalue weighted by Crippen LogP contribution is 2.23. The Bertz CT molecular complexity index is 836. The van der Waals surface area contributed by atoms with Crippen molar-refractivity contribution in [3.05, 3.63) is 0 Å². The topological polar surface area (TPSA) is 189 Å². The van der Waals surface area contributed by atoms with Gasteiger partial charge in [0.2, 0.25) is 5.91 Å². The molecule has 9 unspecified atom stereocenters. The number of carbonyl (C=O) groups is 1. The molecule has 11 nitrogen and oxygen atoms in total. The molecule has 0 bridgehead atoms. The van der Waals surface area contributed by atoms with Crippen LogP contribution >= 0.6 is 0 Å². The molecule has 1 rings (SSSR count). The summed E-state index contributed by atoms with van der Waals surface area (Å²) >= 11 is 0. The monoisotopic (exact) mass is 762 g/mol. The van der Waals surface area contributed by atoms with Crippen LogP contribution in [-0.4, -0.2) is 110 Å². The molecular formula is C42H83NO10. The fraction of sp³-hybridized carbons (Fsp3) is 0.976. The molecule has 316 valence electrons. The highest BCUT2D eigenvalue weighted by Gasteiger charge is 2.44. The number of aliphatic hydroxyl groups excluding tert-OH is 7. The molecular weight excluding hydrogens is 678 g/mol. The molecule has 0 aromatic rings. The van der Waals surface area contributed by atoms with Crippen molar-refractivity contribution in [3.63, 3.8) is 0 Å². The summed E-state index contributed by atoms with van der Waals surface area (Å²) in [5, 5.41) is 74.9. The van der Waals surface area contributed by atoms with Crippen molar-refractivity contribution in [2.45, 2.75) is 249 Å². The maximum atomic E-state index is 13.0. The minimum absolute atomic E-state index is 0.265. The van der Waals surface area contributed by atoms with Crippen molar-refractivity contribution >= 4 is 5.91 Å². The van der Waals surface area contributed by atoms with Gasteiger partial charge in [-0.1, -0.05) is 181 Å². The minimum Gasteiger partial charge on any atom is -0.394 e. The number of amides is 1. The maximum absolute atomic E-state index is 13.0. The quantitative estimate of drug-likeness (QED) is 0.0335. The number of aliphatic hydroxyl groups is 7. The fourth-order valence-corrected chi connectivity index (χ4v) is 7.20. The third kappa shape index (κ3) is 23.7. The van der Waals surface area contributed by atoms with Crippen LogP contribution in [0.5, 0.6) is 0 Å². The summed E-state index contributed by atoms with van der Waals surface area (Å²) < 4.78 is 11.0. The van der Waals surface area contributed by atoms with Gasteiger partial charge in [-0.25, -0.2) is 0 Å². The van der Waals surface area contributed by atoms with Crippen molar-refractivity contribution in [2.75, 3.05) is 13.2 Å².